The van der Waals surface area contributed by atoms with Gasteiger partial charge in [-0.3, -0.25) is 20.4 Å². The Balaban J connectivity index is 0.000000144. The Bertz CT molecular complexity index is 2520. The van der Waals surface area contributed by atoms with Gasteiger partial charge in [-0.05, 0) is 49.2 Å². The molecule has 4 amide bonds. The second-order valence-electron chi connectivity index (χ2n) is 13.2. The number of esters is 1. The van der Waals surface area contributed by atoms with E-state index in [4.69, 9.17) is 4.74 Å². The molecule has 6 aromatic rings. The lowest BCUT2D eigenvalue weighted by Crippen LogP contribution is -2.48. The van der Waals surface area contributed by atoms with Gasteiger partial charge in [0.1, 0.15) is 11.3 Å². The van der Waals surface area contributed by atoms with Gasteiger partial charge in [-0.15, -0.1) is 0 Å². The molecule has 278 valence electrons. The van der Waals surface area contributed by atoms with Crippen LogP contribution in [0.15, 0.2) is 61.2 Å². The molecule has 0 spiro atoms. The number of urea groups is 2. The van der Waals surface area contributed by atoms with Gasteiger partial charge < -0.3 is 29.6 Å². The Hall–Kier alpha value is -7.38. The number of carboxylic acid groups (broad SMARTS) is 1. The third-order valence-electron chi connectivity index (χ3n) is 9.99. The Kier molecular flexibility index (Phi) is 8.05. The van der Waals surface area contributed by atoms with E-state index in [2.05, 4.69) is 60.3 Å². The second kappa shape index (κ2) is 13.2. The van der Waals surface area contributed by atoms with Crippen LogP contribution in [0.4, 0.5) is 44.5 Å². The number of carbonyl (C=O) groups excluding carboxylic acids is 3. The smallest absolute Gasteiger partial charge is 0.356 e. The molecule has 2 saturated heterocycles. The minimum atomic E-state index is -1.13. The van der Waals surface area contributed by atoms with Gasteiger partial charge in [-0.25, -0.2) is 39.1 Å². The van der Waals surface area contributed by atoms with Crippen molar-refractivity contribution < 1.29 is 29.0 Å². The lowest BCUT2D eigenvalue weighted by atomic mass is 10.2. The molecule has 0 saturated carbocycles. The zero-order chi connectivity index (χ0) is 37.8. The van der Waals surface area contributed by atoms with E-state index in [1.165, 1.54) is 18.1 Å². The van der Waals surface area contributed by atoms with Crippen LogP contribution in [-0.4, -0.2) is 114 Å². The second-order valence-corrected chi connectivity index (χ2v) is 13.2. The van der Waals surface area contributed by atoms with Gasteiger partial charge in [0, 0.05) is 61.7 Å². The summed E-state index contributed by atoms with van der Waals surface area (Å²) >= 11 is 0. The SMILES string of the molecule is COC(=O)c1ccc2c(n1)N(C(=O)Nc1ncc3cc[nH]c3n1)[C@H]1CCN2C1.O=C(O)c1ccc2c(n1)N(C(=O)Nc1ncc3cc[nH]c3n1)[C@H]1CCN2C1. The number of pyridine rings is 2. The van der Waals surface area contributed by atoms with Gasteiger partial charge in [-0.1, -0.05) is 0 Å². The van der Waals surface area contributed by atoms with Crippen molar-refractivity contribution in [3.63, 3.8) is 0 Å². The molecule has 20 heteroatoms. The summed E-state index contributed by atoms with van der Waals surface area (Å²) < 4.78 is 4.76. The van der Waals surface area contributed by atoms with Crippen LogP contribution in [-0.2, 0) is 4.74 Å². The average Bonchev–Trinajstić information content (AvgIpc) is 4.02. The van der Waals surface area contributed by atoms with Gasteiger partial charge in [0.05, 0.1) is 30.6 Å². The lowest BCUT2D eigenvalue weighted by Gasteiger charge is -2.35. The molecular weight excluding hydrogens is 712 g/mol. The molecule has 4 aliphatic heterocycles. The molecule has 10 heterocycles. The number of hydrogen-bond acceptors (Lipinski definition) is 13. The molecule has 20 nitrogen and oxygen atoms in total. The van der Waals surface area contributed by atoms with Crippen molar-refractivity contribution in [3.05, 3.63) is 72.6 Å². The van der Waals surface area contributed by atoms with E-state index in [0.717, 1.165) is 54.6 Å². The van der Waals surface area contributed by atoms with Gasteiger partial charge in [0.15, 0.2) is 23.0 Å². The number of nitrogens with zero attached hydrogens (tertiary/aromatic N) is 10. The molecule has 0 unspecified atom stereocenters. The normalized spacial score (nSPS) is 17.7. The summed E-state index contributed by atoms with van der Waals surface area (Å²) in [5.41, 5.74) is 2.89. The zero-order valence-electron chi connectivity index (χ0n) is 29.1. The number of carbonyl (C=O) groups is 4. The highest BCUT2D eigenvalue weighted by atomic mass is 16.5. The highest BCUT2D eigenvalue weighted by Crippen LogP contribution is 2.40. The molecule has 10 rings (SSSR count). The Labute approximate surface area is 310 Å². The topological polar surface area (TPSA) is 244 Å². The molecule has 2 fully saturated rings. The molecule has 55 heavy (non-hydrogen) atoms. The minimum Gasteiger partial charge on any atom is -0.477 e. The summed E-state index contributed by atoms with van der Waals surface area (Å²) in [7, 11) is 1.30. The van der Waals surface area contributed by atoms with Crippen LogP contribution in [0.5, 0.6) is 0 Å². The largest absolute Gasteiger partial charge is 0.477 e. The molecule has 4 bridgehead atoms. The first-order valence-electron chi connectivity index (χ1n) is 17.4. The highest BCUT2D eigenvalue weighted by Gasteiger charge is 2.42. The number of methoxy groups -OCH3 is 1. The molecule has 2 atom stereocenters. The number of amides is 4. The van der Waals surface area contributed by atoms with E-state index < -0.39 is 18.0 Å². The van der Waals surface area contributed by atoms with Crippen LogP contribution >= 0.6 is 0 Å². The van der Waals surface area contributed by atoms with Gasteiger partial charge in [0.2, 0.25) is 11.9 Å². The summed E-state index contributed by atoms with van der Waals surface area (Å²) in [6.07, 6.45) is 8.37. The van der Waals surface area contributed by atoms with Crippen LogP contribution in [0.3, 0.4) is 0 Å². The summed E-state index contributed by atoms with van der Waals surface area (Å²) in [5.74, 6) is -0.516. The number of aromatic carboxylic acids is 1. The molecular formula is C35H32N14O6. The fourth-order valence-electron chi connectivity index (χ4n) is 7.39. The van der Waals surface area contributed by atoms with Gasteiger partial charge in [-0.2, -0.15) is 9.97 Å². The zero-order valence-corrected chi connectivity index (χ0v) is 29.1. The van der Waals surface area contributed by atoms with Crippen molar-refractivity contribution in [3.8, 4) is 0 Å². The monoisotopic (exact) mass is 744 g/mol. The minimum absolute atomic E-state index is 0.0397. The van der Waals surface area contributed by atoms with E-state index >= 15 is 0 Å². The average molecular weight is 745 g/mol. The number of aromatic nitrogens is 8. The quantitative estimate of drug-likeness (QED) is 0.162. The van der Waals surface area contributed by atoms with Crippen molar-refractivity contribution in [1.82, 2.24) is 39.9 Å². The van der Waals surface area contributed by atoms with Crippen molar-refractivity contribution in [2.24, 2.45) is 0 Å². The lowest BCUT2D eigenvalue weighted by molar-refractivity contribution is 0.0593. The number of aromatic amines is 2. The molecule has 0 radical (unpaired) electrons. The summed E-state index contributed by atoms with van der Waals surface area (Å²) in [6.45, 7) is 3.02. The summed E-state index contributed by atoms with van der Waals surface area (Å²) in [5, 5.41) is 16.4. The fraction of sp³-hybridized carbons (Fsp3) is 0.257. The molecule has 0 aromatic carbocycles. The van der Waals surface area contributed by atoms with Crippen molar-refractivity contribution in [2.45, 2.75) is 24.9 Å². The molecule has 0 aliphatic carbocycles. The number of hydrogen-bond donors (Lipinski definition) is 5. The van der Waals surface area contributed by atoms with Gasteiger partial charge in [0.25, 0.3) is 0 Å². The van der Waals surface area contributed by atoms with Crippen LogP contribution in [0.25, 0.3) is 22.1 Å². The first-order chi connectivity index (χ1) is 26.7. The Morgan fingerprint density at radius 2 is 1.20 bits per heavy atom. The third-order valence-corrected chi connectivity index (χ3v) is 9.99. The van der Waals surface area contributed by atoms with Crippen LogP contribution in [0.2, 0.25) is 0 Å². The summed E-state index contributed by atoms with van der Waals surface area (Å²) in [6, 6.07) is 9.34. The number of carboxylic acids is 1. The van der Waals surface area contributed by atoms with E-state index in [-0.39, 0.29) is 41.4 Å². The Morgan fingerprint density at radius 3 is 1.69 bits per heavy atom. The molecule has 5 N–H and O–H groups in total. The first kappa shape index (κ1) is 33.5. The number of nitrogens with one attached hydrogen (secondary N) is 4. The van der Waals surface area contributed by atoms with E-state index in [1.807, 2.05) is 12.1 Å². The van der Waals surface area contributed by atoms with Crippen molar-refractivity contribution >= 4 is 81.0 Å². The number of H-pyrrole nitrogens is 2. The predicted molar refractivity (Wildman–Crippen MR) is 199 cm³/mol. The van der Waals surface area contributed by atoms with Gasteiger partial charge >= 0.3 is 24.0 Å². The number of fused-ring (bicyclic) bond motifs is 10. The standard InChI is InChI=1S/C18H17N7O3.C17H15N7O3/c1-28-16(26)12-2-3-13-15(21-12)25(11-5-7-24(13)9-11)18(27)23-17-20-8-10-4-6-19-14(10)22-17;25-15(26)11-1-2-12-14(20-11)24(10-4-6-23(12)8-10)17(27)22-16-19-7-9-3-5-18-13(9)21-16/h2-4,6,8,11H,5,7,9H2,1H3,(H2,19,20,22,23,27);1-3,5,7,10H,4,6,8H2,(H,25,26)(H2,18,19,21,22,27)/t11-;10-/m00/s1. The van der Waals surface area contributed by atoms with Crippen LogP contribution in [0.1, 0.15) is 33.8 Å². The van der Waals surface area contributed by atoms with Crippen molar-refractivity contribution in [1.29, 1.82) is 0 Å². The maximum absolute atomic E-state index is 13.1. The molecule has 6 aromatic heterocycles. The van der Waals surface area contributed by atoms with Crippen LogP contribution in [0, 0.1) is 0 Å². The van der Waals surface area contributed by atoms with Crippen LogP contribution < -0.4 is 30.2 Å². The third kappa shape index (κ3) is 5.98. The predicted octanol–water partition coefficient (Wildman–Crippen LogP) is 3.45. The highest BCUT2D eigenvalue weighted by molar-refractivity contribution is 6.05. The van der Waals surface area contributed by atoms with E-state index in [1.54, 1.807) is 47.9 Å². The number of anilines is 6. The number of ether oxygens (including phenoxy) is 1. The van der Waals surface area contributed by atoms with Crippen molar-refractivity contribution in [2.75, 3.05) is 63.5 Å². The first-order valence-corrected chi connectivity index (χ1v) is 17.4. The maximum Gasteiger partial charge on any atom is 0.356 e. The Morgan fingerprint density at radius 1 is 0.709 bits per heavy atom. The summed E-state index contributed by atoms with van der Waals surface area (Å²) in [4.78, 5) is 88.3. The number of rotatable bonds is 4. The fourth-order valence-corrected chi connectivity index (χ4v) is 7.39. The molecule has 4 aliphatic rings. The van der Waals surface area contributed by atoms with E-state index in [0.29, 0.717) is 29.5 Å². The maximum atomic E-state index is 13.1. The van der Waals surface area contributed by atoms with E-state index in [9.17, 15) is 24.3 Å².